The van der Waals surface area contributed by atoms with Crippen LogP contribution < -0.4 is 0 Å². The van der Waals surface area contributed by atoms with Gasteiger partial charge in [-0.05, 0) is 36.1 Å². The third kappa shape index (κ3) is 3.24. The first kappa shape index (κ1) is 13.8. The van der Waals surface area contributed by atoms with Crippen LogP contribution in [-0.4, -0.2) is 25.0 Å². The highest BCUT2D eigenvalue weighted by atomic mass is 32.1. The average Bonchev–Trinajstić information content (AvgIpc) is 2.99. The number of amides is 1. The van der Waals surface area contributed by atoms with E-state index in [9.17, 15) is 4.79 Å². The van der Waals surface area contributed by atoms with Crippen LogP contribution >= 0.6 is 11.3 Å². The lowest BCUT2D eigenvalue weighted by Gasteiger charge is -2.15. The van der Waals surface area contributed by atoms with E-state index in [1.807, 2.05) is 12.3 Å². The van der Waals surface area contributed by atoms with Gasteiger partial charge >= 0.3 is 0 Å². The monoisotopic (exact) mass is 279 g/mol. The van der Waals surface area contributed by atoms with Crippen molar-refractivity contribution in [3.63, 3.8) is 0 Å². The Morgan fingerprint density at radius 1 is 1.42 bits per heavy atom. The molecular weight excluding hydrogens is 262 g/mol. The molecule has 0 fully saturated rings. The molecule has 0 aliphatic heterocycles. The third-order valence-corrected chi connectivity index (χ3v) is 3.86. The van der Waals surface area contributed by atoms with Gasteiger partial charge in [-0.25, -0.2) is 0 Å². The Balaban J connectivity index is 2.04. The number of nitrogens with zero attached hydrogens (tertiary/aromatic N) is 1. The third-order valence-electron chi connectivity index (χ3n) is 2.85. The number of ether oxygens (including phenoxy) is 1. The van der Waals surface area contributed by atoms with E-state index in [0.29, 0.717) is 24.7 Å². The standard InChI is InChI=1S/C14H17NO3S/c1-10-6-7-19-13(10)8-15(2)14(16)12-5-4-11(18-12)9-17-3/h4-7H,8-9H2,1-3H3. The predicted octanol–water partition coefficient (Wildman–Crippen LogP) is 3.07. The molecule has 102 valence electrons. The molecule has 2 heterocycles. The molecule has 19 heavy (non-hydrogen) atoms. The van der Waals surface area contributed by atoms with Crippen molar-refractivity contribution >= 4 is 17.2 Å². The highest BCUT2D eigenvalue weighted by Gasteiger charge is 2.17. The van der Waals surface area contributed by atoms with E-state index >= 15 is 0 Å². The number of rotatable bonds is 5. The summed E-state index contributed by atoms with van der Waals surface area (Å²) in [5.41, 5.74) is 1.21. The van der Waals surface area contributed by atoms with Gasteiger partial charge in [0, 0.05) is 19.0 Å². The van der Waals surface area contributed by atoms with Crippen molar-refractivity contribution in [2.75, 3.05) is 14.2 Å². The molecule has 0 unspecified atom stereocenters. The quantitative estimate of drug-likeness (QED) is 0.844. The van der Waals surface area contributed by atoms with Crippen molar-refractivity contribution < 1.29 is 13.9 Å². The molecule has 2 rings (SSSR count). The van der Waals surface area contributed by atoms with E-state index < -0.39 is 0 Å². The van der Waals surface area contributed by atoms with Crippen molar-refractivity contribution in [1.29, 1.82) is 0 Å². The number of aryl methyl sites for hydroxylation is 1. The van der Waals surface area contributed by atoms with Crippen LogP contribution in [0.1, 0.15) is 26.8 Å². The normalized spacial score (nSPS) is 10.7. The van der Waals surface area contributed by atoms with E-state index in [-0.39, 0.29) is 5.91 Å². The fraction of sp³-hybridized carbons (Fsp3) is 0.357. The van der Waals surface area contributed by atoms with Crippen LogP contribution in [0.25, 0.3) is 0 Å². The van der Waals surface area contributed by atoms with Gasteiger partial charge < -0.3 is 14.1 Å². The molecule has 2 aromatic rings. The molecule has 4 nitrogen and oxygen atoms in total. The molecule has 0 radical (unpaired) electrons. The second-order valence-electron chi connectivity index (χ2n) is 4.39. The number of methoxy groups -OCH3 is 1. The van der Waals surface area contributed by atoms with Crippen molar-refractivity contribution in [2.24, 2.45) is 0 Å². The Labute approximate surface area is 116 Å². The van der Waals surface area contributed by atoms with Crippen LogP contribution in [0.2, 0.25) is 0 Å². The lowest BCUT2D eigenvalue weighted by atomic mass is 10.3. The number of hydrogen-bond donors (Lipinski definition) is 0. The Morgan fingerprint density at radius 3 is 2.84 bits per heavy atom. The molecule has 0 spiro atoms. The van der Waals surface area contributed by atoms with Crippen molar-refractivity contribution in [3.8, 4) is 0 Å². The molecule has 0 aliphatic rings. The highest BCUT2D eigenvalue weighted by Crippen LogP contribution is 2.19. The zero-order valence-corrected chi connectivity index (χ0v) is 12.1. The molecule has 0 aliphatic carbocycles. The number of carbonyl (C=O) groups is 1. The molecule has 0 bridgehead atoms. The van der Waals surface area contributed by atoms with Gasteiger partial charge in [0.25, 0.3) is 5.91 Å². The van der Waals surface area contributed by atoms with Gasteiger partial charge in [0.05, 0.1) is 6.54 Å². The van der Waals surface area contributed by atoms with Crippen LogP contribution in [-0.2, 0) is 17.9 Å². The Bertz CT molecular complexity index is 559. The summed E-state index contributed by atoms with van der Waals surface area (Å²) in [5.74, 6) is 0.894. The zero-order valence-electron chi connectivity index (χ0n) is 11.3. The van der Waals surface area contributed by atoms with Crippen LogP contribution in [0, 0.1) is 6.92 Å². The van der Waals surface area contributed by atoms with E-state index in [0.717, 1.165) is 0 Å². The van der Waals surface area contributed by atoms with E-state index in [1.54, 1.807) is 42.5 Å². The molecule has 0 atom stereocenters. The van der Waals surface area contributed by atoms with Gasteiger partial charge in [-0.15, -0.1) is 11.3 Å². The summed E-state index contributed by atoms with van der Waals surface area (Å²) in [7, 11) is 3.37. The van der Waals surface area contributed by atoms with E-state index in [2.05, 4.69) is 6.07 Å². The van der Waals surface area contributed by atoms with Gasteiger partial charge in [-0.3, -0.25) is 4.79 Å². The molecule has 0 N–H and O–H groups in total. The lowest BCUT2D eigenvalue weighted by Crippen LogP contribution is -2.25. The van der Waals surface area contributed by atoms with Crippen LogP contribution in [0.3, 0.4) is 0 Å². The minimum absolute atomic E-state index is 0.116. The summed E-state index contributed by atoms with van der Waals surface area (Å²) in [5, 5.41) is 2.03. The maximum absolute atomic E-state index is 12.2. The molecule has 2 aromatic heterocycles. The van der Waals surface area contributed by atoms with E-state index in [1.165, 1.54) is 10.4 Å². The second kappa shape index (κ2) is 6.04. The number of furan rings is 1. The van der Waals surface area contributed by atoms with Gasteiger partial charge in [-0.1, -0.05) is 0 Å². The molecule has 5 heteroatoms. The SMILES string of the molecule is COCc1ccc(C(=O)N(C)Cc2sccc2C)o1. The highest BCUT2D eigenvalue weighted by molar-refractivity contribution is 7.10. The summed E-state index contributed by atoms with van der Waals surface area (Å²) in [6.45, 7) is 3.03. The first-order valence-corrected chi connectivity index (χ1v) is 6.86. The average molecular weight is 279 g/mol. The zero-order chi connectivity index (χ0) is 13.8. The van der Waals surface area contributed by atoms with E-state index in [4.69, 9.17) is 9.15 Å². The molecule has 1 amide bonds. The predicted molar refractivity (Wildman–Crippen MR) is 74.3 cm³/mol. The Kier molecular flexibility index (Phi) is 4.39. The summed E-state index contributed by atoms with van der Waals surface area (Å²) >= 11 is 1.66. The van der Waals surface area contributed by atoms with Crippen molar-refractivity contribution in [3.05, 3.63) is 45.5 Å². The summed E-state index contributed by atoms with van der Waals surface area (Å²) < 4.78 is 10.4. The van der Waals surface area contributed by atoms with Crippen LogP contribution in [0.5, 0.6) is 0 Å². The maximum atomic E-state index is 12.2. The number of thiophene rings is 1. The fourth-order valence-corrected chi connectivity index (χ4v) is 2.71. The largest absolute Gasteiger partial charge is 0.453 e. The van der Waals surface area contributed by atoms with Crippen molar-refractivity contribution in [1.82, 2.24) is 4.90 Å². The first-order valence-electron chi connectivity index (χ1n) is 5.98. The molecule has 0 saturated heterocycles. The minimum Gasteiger partial charge on any atom is -0.453 e. The van der Waals surface area contributed by atoms with Crippen molar-refractivity contribution in [2.45, 2.75) is 20.1 Å². The topological polar surface area (TPSA) is 42.7 Å². The summed E-state index contributed by atoms with van der Waals surface area (Å²) in [6.07, 6.45) is 0. The summed E-state index contributed by atoms with van der Waals surface area (Å²) in [6, 6.07) is 5.51. The van der Waals surface area contributed by atoms with Gasteiger partial charge in [0.2, 0.25) is 0 Å². The second-order valence-corrected chi connectivity index (χ2v) is 5.39. The molecule has 0 saturated carbocycles. The number of hydrogen-bond acceptors (Lipinski definition) is 4. The van der Waals surface area contributed by atoms with Crippen LogP contribution in [0.4, 0.5) is 0 Å². The maximum Gasteiger partial charge on any atom is 0.289 e. The Morgan fingerprint density at radius 2 is 2.21 bits per heavy atom. The van der Waals surface area contributed by atoms with Gasteiger partial charge in [-0.2, -0.15) is 0 Å². The first-order chi connectivity index (χ1) is 9.11. The smallest absolute Gasteiger partial charge is 0.289 e. The molecular formula is C14H17NO3S. The molecule has 0 aromatic carbocycles. The fourth-order valence-electron chi connectivity index (χ4n) is 1.75. The lowest BCUT2D eigenvalue weighted by molar-refractivity contribution is 0.0746. The van der Waals surface area contributed by atoms with Gasteiger partial charge in [0.15, 0.2) is 5.76 Å². The summed E-state index contributed by atoms with van der Waals surface area (Å²) in [4.78, 5) is 15.1. The van der Waals surface area contributed by atoms with Gasteiger partial charge in [0.1, 0.15) is 12.4 Å². The number of carbonyl (C=O) groups excluding carboxylic acids is 1. The Hall–Kier alpha value is -1.59. The van der Waals surface area contributed by atoms with Crippen LogP contribution in [0.15, 0.2) is 28.0 Å². The minimum atomic E-state index is -0.116.